The van der Waals surface area contributed by atoms with Crippen LogP contribution >= 0.6 is 0 Å². The molecule has 0 saturated carbocycles. The first kappa shape index (κ1) is 7.68. The summed E-state index contributed by atoms with van der Waals surface area (Å²) in [6.07, 6.45) is 1.61. The SMILES string of the molecule is C/C(=C/C(N)=O)NC=O. The number of amides is 2. The number of primary amides is 1. The van der Waals surface area contributed by atoms with Crippen molar-refractivity contribution in [2.24, 2.45) is 5.73 Å². The minimum absolute atomic E-state index is 0.442. The van der Waals surface area contributed by atoms with E-state index in [4.69, 9.17) is 5.73 Å². The van der Waals surface area contributed by atoms with E-state index >= 15 is 0 Å². The molecular weight excluding hydrogens is 120 g/mol. The zero-order valence-electron chi connectivity index (χ0n) is 5.05. The van der Waals surface area contributed by atoms with Crippen LogP contribution in [0.25, 0.3) is 0 Å². The van der Waals surface area contributed by atoms with Gasteiger partial charge >= 0.3 is 0 Å². The Morgan fingerprint density at radius 1 is 1.67 bits per heavy atom. The Morgan fingerprint density at radius 3 is 2.56 bits per heavy atom. The number of hydrogen-bond donors (Lipinski definition) is 2. The van der Waals surface area contributed by atoms with Crippen molar-refractivity contribution in [2.75, 3.05) is 0 Å². The summed E-state index contributed by atoms with van der Waals surface area (Å²) in [5.41, 5.74) is 5.19. The van der Waals surface area contributed by atoms with Gasteiger partial charge in [0.2, 0.25) is 12.3 Å². The number of allylic oxidation sites excluding steroid dienone is 1. The van der Waals surface area contributed by atoms with Crippen molar-refractivity contribution in [3.05, 3.63) is 11.8 Å². The Hall–Kier alpha value is -1.32. The van der Waals surface area contributed by atoms with Crippen LogP contribution in [0.5, 0.6) is 0 Å². The molecule has 0 fully saturated rings. The maximum atomic E-state index is 10.1. The lowest BCUT2D eigenvalue weighted by atomic mass is 10.4. The summed E-state index contributed by atoms with van der Waals surface area (Å²) in [6.45, 7) is 1.57. The van der Waals surface area contributed by atoms with Crippen molar-refractivity contribution in [3.63, 3.8) is 0 Å². The predicted octanol–water partition coefficient (Wildman–Crippen LogP) is -0.878. The normalized spacial score (nSPS) is 10.6. The quantitative estimate of drug-likeness (QED) is 0.382. The molecule has 2 amide bonds. The maximum Gasteiger partial charge on any atom is 0.243 e. The molecule has 3 N–H and O–H groups in total. The first-order chi connectivity index (χ1) is 4.16. The zero-order chi connectivity index (χ0) is 7.28. The van der Waals surface area contributed by atoms with Gasteiger partial charge in [0, 0.05) is 11.8 Å². The fraction of sp³-hybridized carbons (Fsp3) is 0.200. The van der Waals surface area contributed by atoms with E-state index in [1.807, 2.05) is 0 Å². The summed E-state index contributed by atoms with van der Waals surface area (Å²) >= 11 is 0. The molecule has 0 spiro atoms. The van der Waals surface area contributed by atoms with Gasteiger partial charge in [0.15, 0.2) is 0 Å². The minimum atomic E-state index is -0.568. The van der Waals surface area contributed by atoms with Gasteiger partial charge in [-0.05, 0) is 6.92 Å². The molecule has 0 bridgehead atoms. The number of carbonyl (C=O) groups excluding carboxylic acids is 2. The van der Waals surface area contributed by atoms with Gasteiger partial charge < -0.3 is 11.1 Å². The second kappa shape index (κ2) is 3.65. The fourth-order valence-electron chi connectivity index (χ4n) is 0.348. The molecule has 0 aromatic rings. The first-order valence-electron chi connectivity index (χ1n) is 2.34. The molecule has 0 radical (unpaired) electrons. The standard InChI is InChI=1S/C5H8N2O2/c1-4(7-3-8)2-5(6)9/h2-3H,1H3,(H2,6,9)(H,7,8)/b4-2-. The van der Waals surface area contributed by atoms with Gasteiger partial charge in [0.1, 0.15) is 0 Å². The lowest BCUT2D eigenvalue weighted by molar-refractivity contribution is -0.113. The van der Waals surface area contributed by atoms with Crippen LogP contribution in [0.2, 0.25) is 0 Å². The average molecular weight is 128 g/mol. The molecule has 0 unspecified atom stereocenters. The van der Waals surface area contributed by atoms with E-state index < -0.39 is 5.91 Å². The summed E-state index contributed by atoms with van der Waals surface area (Å²) in [5, 5.41) is 2.26. The minimum Gasteiger partial charge on any atom is -0.366 e. The molecular formula is C5H8N2O2. The zero-order valence-corrected chi connectivity index (χ0v) is 5.05. The highest BCUT2D eigenvalue weighted by Crippen LogP contribution is 1.80. The second-order valence-electron chi connectivity index (χ2n) is 1.49. The maximum absolute atomic E-state index is 10.1. The van der Waals surface area contributed by atoms with Gasteiger partial charge in [0.05, 0.1) is 0 Å². The second-order valence-corrected chi connectivity index (χ2v) is 1.49. The molecule has 4 heteroatoms. The molecule has 0 aromatic heterocycles. The van der Waals surface area contributed by atoms with Gasteiger partial charge in [-0.3, -0.25) is 9.59 Å². The van der Waals surface area contributed by atoms with E-state index in [0.29, 0.717) is 12.1 Å². The van der Waals surface area contributed by atoms with Crippen LogP contribution in [-0.4, -0.2) is 12.3 Å². The van der Waals surface area contributed by atoms with Crippen LogP contribution in [0.4, 0.5) is 0 Å². The summed E-state index contributed by atoms with van der Waals surface area (Å²) in [4.78, 5) is 19.8. The number of nitrogens with two attached hydrogens (primary N) is 1. The summed E-state index contributed by atoms with van der Waals surface area (Å²) < 4.78 is 0. The van der Waals surface area contributed by atoms with Crippen molar-refractivity contribution in [2.45, 2.75) is 6.92 Å². The van der Waals surface area contributed by atoms with Crippen molar-refractivity contribution < 1.29 is 9.59 Å². The third-order valence-corrected chi connectivity index (χ3v) is 0.645. The molecule has 50 valence electrons. The van der Waals surface area contributed by atoms with Crippen molar-refractivity contribution in [1.29, 1.82) is 0 Å². The highest BCUT2D eigenvalue weighted by atomic mass is 16.1. The molecule has 0 rings (SSSR count). The lowest BCUT2D eigenvalue weighted by Crippen LogP contribution is -2.13. The van der Waals surface area contributed by atoms with Crippen molar-refractivity contribution in [3.8, 4) is 0 Å². The average Bonchev–Trinajstić information content (AvgIpc) is 1.63. The Morgan fingerprint density at radius 2 is 2.22 bits per heavy atom. The largest absolute Gasteiger partial charge is 0.366 e. The summed E-state index contributed by atoms with van der Waals surface area (Å²) in [7, 11) is 0. The molecule has 0 aliphatic rings. The van der Waals surface area contributed by atoms with Crippen LogP contribution < -0.4 is 11.1 Å². The molecule has 0 aromatic carbocycles. The molecule has 0 aliphatic carbocycles. The summed E-state index contributed by atoms with van der Waals surface area (Å²) in [5.74, 6) is -0.568. The number of rotatable bonds is 3. The third-order valence-electron chi connectivity index (χ3n) is 0.645. The molecule has 9 heavy (non-hydrogen) atoms. The van der Waals surface area contributed by atoms with Gasteiger partial charge in [-0.25, -0.2) is 0 Å². The van der Waals surface area contributed by atoms with Gasteiger partial charge in [-0.15, -0.1) is 0 Å². The van der Waals surface area contributed by atoms with Crippen LogP contribution in [0.3, 0.4) is 0 Å². The highest BCUT2D eigenvalue weighted by Gasteiger charge is 1.87. The van der Waals surface area contributed by atoms with E-state index in [1.165, 1.54) is 0 Å². The summed E-state index contributed by atoms with van der Waals surface area (Å²) in [6, 6.07) is 0. The van der Waals surface area contributed by atoms with E-state index in [1.54, 1.807) is 6.92 Å². The monoisotopic (exact) mass is 128 g/mol. The topological polar surface area (TPSA) is 72.2 Å². The van der Waals surface area contributed by atoms with E-state index in [-0.39, 0.29) is 0 Å². The fourth-order valence-corrected chi connectivity index (χ4v) is 0.348. The third kappa shape index (κ3) is 4.53. The van der Waals surface area contributed by atoms with E-state index in [9.17, 15) is 9.59 Å². The highest BCUT2D eigenvalue weighted by molar-refractivity contribution is 5.86. The van der Waals surface area contributed by atoms with E-state index in [0.717, 1.165) is 6.08 Å². The van der Waals surface area contributed by atoms with E-state index in [2.05, 4.69) is 5.32 Å². The van der Waals surface area contributed by atoms with Crippen LogP contribution in [0, 0.1) is 0 Å². The Kier molecular flexibility index (Phi) is 3.12. The lowest BCUT2D eigenvalue weighted by Gasteiger charge is -1.92. The number of hydrogen-bond acceptors (Lipinski definition) is 2. The molecule has 0 heterocycles. The molecule has 0 aliphatic heterocycles. The Balaban J connectivity index is 3.83. The molecule has 4 nitrogen and oxygen atoms in total. The Bertz CT molecular complexity index is 151. The predicted molar refractivity (Wildman–Crippen MR) is 32.2 cm³/mol. The molecule has 0 atom stereocenters. The van der Waals surface area contributed by atoms with Crippen LogP contribution in [-0.2, 0) is 9.59 Å². The van der Waals surface area contributed by atoms with Crippen LogP contribution in [0.15, 0.2) is 11.8 Å². The van der Waals surface area contributed by atoms with Gasteiger partial charge in [0.25, 0.3) is 0 Å². The Labute approximate surface area is 52.7 Å². The smallest absolute Gasteiger partial charge is 0.243 e. The number of nitrogens with one attached hydrogen (secondary N) is 1. The first-order valence-corrected chi connectivity index (χ1v) is 2.34. The van der Waals surface area contributed by atoms with Gasteiger partial charge in [-0.1, -0.05) is 0 Å². The number of carbonyl (C=O) groups is 2. The molecule has 0 saturated heterocycles. The van der Waals surface area contributed by atoms with Gasteiger partial charge in [-0.2, -0.15) is 0 Å². The van der Waals surface area contributed by atoms with Crippen molar-refractivity contribution in [1.82, 2.24) is 5.32 Å². The van der Waals surface area contributed by atoms with Crippen molar-refractivity contribution >= 4 is 12.3 Å². The van der Waals surface area contributed by atoms with Crippen LogP contribution in [0.1, 0.15) is 6.92 Å².